The summed E-state index contributed by atoms with van der Waals surface area (Å²) in [5, 5.41) is 19.1. The number of rotatable bonds is 4. The molecule has 0 amide bonds. The summed E-state index contributed by atoms with van der Waals surface area (Å²) >= 11 is 3.93. The molecule has 0 aliphatic heterocycles. The molecule has 0 heterocycles. The zero-order valence-corrected chi connectivity index (χ0v) is 11.1. The molecule has 2 unspecified atom stereocenters. The van der Waals surface area contributed by atoms with Crippen molar-refractivity contribution in [2.45, 2.75) is 16.6 Å². The Labute approximate surface area is 100 Å². The van der Waals surface area contributed by atoms with Gasteiger partial charge in [-0.15, -0.1) is 0 Å². The van der Waals surface area contributed by atoms with E-state index in [1.807, 2.05) is 29.5 Å². The Morgan fingerprint density at radius 3 is 2.58 bits per heavy atom. The Morgan fingerprint density at radius 1 is 1.75 bits per heavy atom. The van der Waals surface area contributed by atoms with Gasteiger partial charge in [-0.3, -0.25) is 0 Å². The van der Waals surface area contributed by atoms with Gasteiger partial charge in [-0.25, -0.2) is 0 Å². The molecule has 0 saturated heterocycles. The van der Waals surface area contributed by atoms with E-state index in [1.165, 1.54) is 0 Å². The van der Waals surface area contributed by atoms with Crippen molar-refractivity contribution >= 4 is 45.2 Å². The minimum absolute atomic E-state index is 0.426. The minimum atomic E-state index is -1.02. The highest BCUT2D eigenvalue weighted by molar-refractivity contribution is 14.1. The van der Waals surface area contributed by atoms with Crippen molar-refractivity contribution in [3.8, 4) is 0 Å². The predicted molar refractivity (Wildman–Crippen MR) is 67.8 cm³/mol. The highest BCUT2D eigenvalue weighted by Gasteiger charge is 2.28. The third-order valence-electron chi connectivity index (χ3n) is 1.40. The SMILES string of the molecule is C=C(C(O)C=CC)C(O)(I)CI. The molecule has 70 valence electrons. The maximum Gasteiger partial charge on any atom is 0.148 e. The summed E-state index contributed by atoms with van der Waals surface area (Å²) < 4.78 is -0.504. The lowest BCUT2D eigenvalue weighted by atomic mass is 10.1. The van der Waals surface area contributed by atoms with Crippen LogP contribution >= 0.6 is 45.2 Å². The summed E-state index contributed by atoms with van der Waals surface area (Å²) in [6.45, 7) is 5.46. The van der Waals surface area contributed by atoms with Crippen LogP contribution in [0.3, 0.4) is 0 Å². The number of halogens is 2. The molecular weight excluding hydrogens is 382 g/mol. The molecule has 4 heteroatoms. The molecule has 0 fully saturated rings. The van der Waals surface area contributed by atoms with Gasteiger partial charge in [-0.2, -0.15) is 0 Å². The first-order valence-electron chi connectivity index (χ1n) is 3.43. The van der Waals surface area contributed by atoms with Gasteiger partial charge in [0.05, 0.1) is 6.10 Å². The fraction of sp³-hybridized carbons (Fsp3) is 0.500. The molecule has 0 aromatic carbocycles. The van der Waals surface area contributed by atoms with Crippen LogP contribution in [0, 0.1) is 0 Å². The van der Waals surface area contributed by atoms with Crippen molar-refractivity contribution in [3.05, 3.63) is 24.3 Å². The molecule has 0 rings (SSSR count). The number of allylic oxidation sites excluding steroid dienone is 1. The number of aliphatic hydroxyl groups is 2. The molecule has 12 heavy (non-hydrogen) atoms. The lowest BCUT2D eigenvalue weighted by Crippen LogP contribution is -2.30. The van der Waals surface area contributed by atoms with E-state index in [0.29, 0.717) is 10.0 Å². The first-order chi connectivity index (χ1) is 5.45. The van der Waals surface area contributed by atoms with Crippen molar-refractivity contribution in [3.63, 3.8) is 0 Å². The molecule has 0 spiro atoms. The van der Waals surface area contributed by atoms with E-state index in [9.17, 15) is 10.2 Å². The van der Waals surface area contributed by atoms with Gasteiger partial charge in [0.2, 0.25) is 0 Å². The van der Waals surface area contributed by atoms with Crippen molar-refractivity contribution < 1.29 is 10.2 Å². The Balaban J connectivity index is 4.38. The van der Waals surface area contributed by atoms with Crippen LogP contribution in [0.5, 0.6) is 0 Å². The van der Waals surface area contributed by atoms with Crippen LogP contribution in [0.4, 0.5) is 0 Å². The number of hydrogen-bond acceptors (Lipinski definition) is 2. The zero-order chi connectivity index (χ0) is 9.78. The van der Waals surface area contributed by atoms with Crippen LogP contribution in [0.15, 0.2) is 24.3 Å². The van der Waals surface area contributed by atoms with Gasteiger partial charge in [0.15, 0.2) is 0 Å². The molecular formula is C8H12I2O2. The molecule has 0 aromatic rings. The van der Waals surface area contributed by atoms with Gasteiger partial charge in [0.1, 0.15) is 3.61 Å². The summed E-state index contributed by atoms with van der Waals surface area (Å²) in [5.74, 6) is 0. The highest BCUT2D eigenvalue weighted by Crippen LogP contribution is 2.28. The average molecular weight is 394 g/mol. The molecule has 0 aliphatic carbocycles. The van der Waals surface area contributed by atoms with Crippen molar-refractivity contribution in [1.82, 2.24) is 0 Å². The summed E-state index contributed by atoms with van der Waals surface area (Å²) in [5.41, 5.74) is 0.426. The summed E-state index contributed by atoms with van der Waals surface area (Å²) in [7, 11) is 0. The number of hydrogen-bond donors (Lipinski definition) is 2. The highest BCUT2D eigenvalue weighted by atomic mass is 127. The molecule has 0 aromatic heterocycles. The zero-order valence-electron chi connectivity index (χ0n) is 6.80. The third kappa shape index (κ3) is 3.71. The van der Waals surface area contributed by atoms with Crippen molar-refractivity contribution in [2.24, 2.45) is 0 Å². The van der Waals surface area contributed by atoms with Crippen molar-refractivity contribution in [1.29, 1.82) is 0 Å². The lowest BCUT2D eigenvalue weighted by Gasteiger charge is -2.23. The fourth-order valence-corrected chi connectivity index (χ4v) is 1.42. The first kappa shape index (κ1) is 12.9. The Morgan fingerprint density at radius 2 is 2.25 bits per heavy atom. The average Bonchev–Trinajstić information content (AvgIpc) is 2.03. The van der Waals surface area contributed by atoms with E-state index in [4.69, 9.17) is 0 Å². The normalized spacial score (nSPS) is 19.1. The van der Waals surface area contributed by atoms with E-state index >= 15 is 0 Å². The van der Waals surface area contributed by atoms with Crippen LogP contribution in [-0.4, -0.2) is 24.4 Å². The van der Waals surface area contributed by atoms with E-state index in [-0.39, 0.29) is 0 Å². The van der Waals surface area contributed by atoms with Gasteiger partial charge >= 0.3 is 0 Å². The fourth-order valence-electron chi connectivity index (χ4n) is 0.611. The third-order valence-corrected chi connectivity index (χ3v) is 5.04. The summed E-state index contributed by atoms with van der Waals surface area (Å²) in [6, 6.07) is 0. The molecule has 2 atom stereocenters. The maximum atomic E-state index is 9.67. The van der Waals surface area contributed by atoms with Gasteiger partial charge in [0.25, 0.3) is 0 Å². The van der Waals surface area contributed by atoms with Crippen LogP contribution in [0.25, 0.3) is 0 Å². The van der Waals surface area contributed by atoms with E-state index in [1.54, 1.807) is 12.2 Å². The minimum Gasteiger partial charge on any atom is -0.385 e. The van der Waals surface area contributed by atoms with Crippen LogP contribution < -0.4 is 0 Å². The van der Waals surface area contributed by atoms with Crippen LogP contribution in [0.1, 0.15) is 6.92 Å². The van der Waals surface area contributed by atoms with Gasteiger partial charge in [-0.1, -0.05) is 41.3 Å². The molecule has 2 N–H and O–H groups in total. The maximum absolute atomic E-state index is 9.67. The molecule has 0 bridgehead atoms. The van der Waals surface area contributed by atoms with Crippen LogP contribution in [-0.2, 0) is 0 Å². The first-order valence-corrected chi connectivity index (χ1v) is 6.03. The van der Waals surface area contributed by atoms with Gasteiger partial charge < -0.3 is 10.2 Å². The predicted octanol–water partition coefficient (Wildman–Crippen LogP) is 2.04. The molecule has 0 aliphatic rings. The summed E-state index contributed by atoms with van der Waals surface area (Å²) in [6.07, 6.45) is 2.57. The van der Waals surface area contributed by atoms with Crippen molar-refractivity contribution in [2.75, 3.05) is 4.43 Å². The quantitative estimate of drug-likeness (QED) is 0.436. The second kappa shape index (κ2) is 5.56. The molecule has 2 nitrogen and oxygen atoms in total. The number of aliphatic hydroxyl groups excluding tert-OH is 1. The van der Waals surface area contributed by atoms with E-state index in [2.05, 4.69) is 29.2 Å². The summed E-state index contributed by atoms with van der Waals surface area (Å²) in [4.78, 5) is 0. The molecule has 0 radical (unpaired) electrons. The topological polar surface area (TPSA) is 40.5 Å². The van der Waals surface area contributed by atoms with Gasteiger partial charge in [-0.05, 0) is 35.1 Å². The van der Waals surface area contributed by atoms with Gasteiger partial charge in [0, 0.05) is 4.43 Å². The second-order valence-corrected chi connectivity index (χ2v) is 4.94. The number of alkyl halides is 2. The lowest BCUT2D eigenvalue weighted by molar-refractivity contribution is 0.172. The monoisotopic (exact) mass is 394 g/mol. The van der Waals surface area contributed by atoms with Crippen LogP contribution in [0.2, 0.25) is 0 Å². The Hall–Kier alpha value is 0.860. The largest absolute Gasteiger partial charge is 0.385 e. The van der Waals surface area contributed by atoms with E-state index < -0.39 is 9.71 Å². The van der Waals surface area contributed by atoms with E-state index in [0.717, 1.165) is 0 Å². The second-order valence-electron chi connectivity index (χ2n) is 2.39. The molecule has 0 saturated carbocycles. The Kier molecular flexibility index (Phi) is 5.96. The smallest absolute Gasteiger partial charge is 0.148 e. The standard InChI is InChI=1S/C8H12I2O2/c1-3-4-7(11)6(2)8(10,12)5-9/h3-4,7,11-12H,2,5H2,1H3. The Bertz CT molecular complexity index is 187.